The van der Waals surface area contributed by atoms with Crippen molar-refractivity contribution in [1.82, 2.24) is 0 Å². The van der Waals surface area contributed by atoms with Crippen molar-refractivity contribution in [3.63, 3.8) is 0 Å². The Bertz CT molecular complexity index is 533. The van der Waals surface area contributed by atoms with Gasteiger partial charge in [0.25, 0.3) is 0 Å². The second-order valence-corrected chi connectivity index (χ2v) is 4.29. The number of alkyl halides is 1. The summed E-state index contributed by atoms with van der Waals surface area (Å²) >= 11 is 5.64. The predicted octanol–water partition coefficient (Wildman–Crippen LogP) is 1.49. The number of aliphatic hydroxyl groups excluding tert-OH is 1. The van der Waals surface area contributed by atoms with Crippen LogP contribution in [0.3, 0.4) is 0 Å². The van der Waals surface area contributed by atoms with E-state index in [0.29, 0.717) is 0 Å². The van der Waals surface area contributed by atoms with Crippen LogP contribution in [-0.4, -0.2) is 27.3 Å². The first-order chi connectivity index (χ1) is 8.38. The summed E-state index contributed by atoms with van der Waals surface area (Å²) in [6.45, 7) is 1.48. The van der Waals surface area contributed by atoms with Gasteiger partial charge in [0, 0.05) is 5.56 Å². The predicted molar refractivity (Wildman–Crippen MR) is 63.4 cm³/mol. The van der Waals surface area contributed by atoms with E-state index in [0.717, 1.165) is 0 Å². The highest BCUT2D eigenvalue weighted by Crippen LogP contribution is 2.20. The van der Waals surface area contributed by atoms with Gasteiger partial charge >= 0.3 is 5.97 Å². The van der Waals surface area contributed by atoms with Gasteiger partial charge in [-0.05, 0) is 24.6 Å². The number of hydrogen-bond donors (Lipinski definition) is 2. The molecule has 1 aromatic rings. The Balaban J connectivity index is 3.25. The number of hydrogen-bond acceptors (Lipinski definition) is 4. The number of benzene rings is 1. The van der Waals surface area contributed by atoms with Crippen molar-refractivity contribution >= 4 is 23.4 Å². The molecule has 0 bridgehead atoms. The average molecular weight is 268 g/mol. The van der Waals surface area contributed by atoms with E-state index in [-0.39, 0.29) is 16.7 Å². The first-order valence-corrected chi connectivity index (χ1v) is 5.45. The van der Waals surface area contributed by atoms with Crippen LogP contribution in [0.5, 0.6) is 0 Å². The fourth-order valence-electron chi connectivity index (χ4n) is 1.40. The second-order valence-electron chi connectivity index (χ2n) is 3.64. The van der Waals surface area contributed by atoms with Crippen LogP contribution in [0.2, 0.25) is 0 Å². The van der Waals surface area contributed by atoms with Crippen LogP contribution in [-0.2, 0) is 4.79 Å². The fraction of sp³-hybridized carbons (Fsp3) is 0.250. The molecule has 0 saturated heterocycles. The number of carbonyl (C=O) groups is 2. The monoisotopic (exact) mass is 267 g/mol. The van der Waals surface area contributed by atoms with Crippen molar-refractivity contribution < 1.29 is 19.8 Å². The molecule has 0 amide bonds. The molecule has 0 aliphatic rings. The van der Waals surface area contributed by atoms with E-state index in [1.165, 1.54) is 25.1 Å². The van der Waals surface area contributed by atoms with Gasteiger partial charge < -0.3 is 10.2 Å². The van der Waals surface area contributed by atoms with E-state index in [9.17, 15) is 14.7 Å². The van der Waals surface area contributed by atoms with Gasteiger partial charge in [0.05, 0.1) is 17.0 Å². The first-order valence-electron chi connectivity index (χ1n) is 5.01. The number of carbonyl (C=O) groups excluding carboxylic acids is 1. The summed E-state index contributed by atoms with van der Waals surface area (Å²) in [6, 6.07) is 5.53. The summed E-state index contributed by atoms with van der Waals surface area (Å²) in [5.74, 6) is -1.85. The standard InChI is InChI=1S/C12H10ClNO4/c1-6(13)10(15)9-3-2-7(4-8(9)5-14)11(16)12(17)18/h2-4,6,11,16H,1H3,(H,17,18). The zero-order valence-corrected chi connectivity index (χ0v) is 10.2. The molecule has 0 saturated carbocycles. The largest absolute Gasteiger partial charge is 0.479 e. The Kier molecular flexibility index (Phi) is 4.43. The molecule has 18 heavy (non-hydrogen) atoms. The van der Waals surface area contributed by atoms with Crippen molar-refractivity contribution in [1.29, 1.82) is 5.26 Å². The van der Waals surface area contributed by atoms with Gasteiger partial charge in [-0.25, -0.2) is 4.79 Å². The summed E-state index contributed by atoms with van der Waals surface area (Å²) < 4.78 is 0. The molecule has 1 rings (SSSR count). The average Bonchev–Trinajstić information content (AvgIpc) is 2.35. The number of halogens is 1. The van der Waals surface area contributed by atoms with E-state index >= 15 is 0 Å². The molecule has 0 heterocycles. The highest BCUT2D eigenvalue weighted by atomic mass is 35.5. The number of nitrogens with zero attached hydrogens (tertiary/aromatic N) is 1. The maximum absolute atomic E-state index is 11.7. The van der Waals surface area contributed by atoms with Crippen LogP contribution in [0.1, 0.15) is 34.5 Å². The molecular weight excluding hydrogens is 258 g/mol. The van der Waals surface area contributed by atoms with E-state index in [4.69, 9.17) is 22.0 Å². The normalized spacial score (nSPS) is 13.4. The Morgan fingerprint density at radius 3 is 2.50 bits per heavy atom. The van der Waals surface area contributed by atoms with Gasteiger partial charge in [0.15, 0.2) is 11.9 Å². The number of carboxylic acids is 1. The molecule has 0 fully saturated rings. The molecule has 0 aliphatic carbocycles. The van der Waals surface area contributed by atoms with Crippen LogP contribution in [0, 0.1) is 11.3 Å². The van der Waals surface area contributed by atoms with Crippen LogP contribution < -0.4 is 0 Å². The molecule has 0 aliphatic heterocycles. The Morgan fingerprint density at radius 1 is 1.44 bits per heavy atom. The number of aliphatic carboxylic acids is 1. The van der Waals surface area contributed by atoms with Gasteiger partial charge in [0.1, 0.15) is 0 Å². The maximum atomic E-state index is 11.7. The lowest BCUT2D eigenvalue weighted by atomic mass is 9.98. The zero-order chi connectivity index (χ0) is 13.9. The quantitative estimate of drug-likeness (QED) is 0.636. The molecular formula is C12H10ClNO4. The third-order valence-corrected chi connectivity index (χ3v) is 2.54. The summed E-state index contributed by atoms with van der Waals surface area (Å²) in [7, 11) is 0. The van der Waals surface area contributed by atoms with E-state index in [1.54, 1.807) is 6.07 Å². The molecule has 1 aromatic carbocycles. The Morgan fingerprint density at radius 2 is 2.06 bits per heavy atom. The van der Waals surface area contributed by atoms with Crippen molar-refractivity contribution in [3.05, 3.63) is 34.9 Å². The Labute approximate surface area is 108 Å². The van der Waals surface area contributed by atoms with E-state index < -0.39 is 23.2 Å². The number of Topliss-reactive ketones (excluding diaryl/α,β-unsaturated/α-hetero) is 1. The van der Waals surface area contributed by atoms with Crippen LogP contribution in [0.25, 0.3) is 0 Å². The number of carboxylic acid groups (broad SMARTS) is 1. The number of rotatable bonds is 4. The topological polar surface area (TPSA) is 98.4 Å². The van der Waals surface area contributed by atoms with Gasteiger partial charge in [-0.3, -0.25) is 4.79 Å². The third kappa shape index (κ3) is 2.86. The maximum Gasteiger partial charge on any atom is 0.337 e. The molecule has 2 unspecified atom stereocenters. The minimum Gasteiger partial charge on any atom is -0.479 e. The summed E-state index contributed by atoms with van der Waals surface area (Å²) in [4.78, 5) is 22.3. The molecule has 0 radical (unpaired) electrons. The van der Waals surface area contributed by atoms with Gasteiger partial charge in [-0.1, -0.05) is 6.07 Å². The lowest BCUT2D eigenvalue weighted by Crippen LogP contribution is -2.14. The third-order valence-electron chi connectivity index (χ3n) is 2.34. The highest BCUT2D eigenvalue weighted by molar-refractivity contribution is 6.33. The summed E-state index contributed by atoms with van der Waals surface area (Å²) in [5, 5.41) is 26.1. The number of aliphatic hydroxyl groups is 1. The minimum absolute atomic E-state index is 0.00898. The molecule has 0 spiro atoms. The fourth-order valence-corrected chi connectivity index (χ4v) is 1.51. The molecule has 2 N–H and O–H groups in total. The smallest absolute Gasteiger partial charge is 0.337 e. The van der Waals surface area contributed by atoms with Crippen molar-refractivity contribution in [2.75, 3.05) is 0 Å². The Hall–Kier alpha value is -1.90. The van der Waals surface area contributed by atoms with Crippen LogP contribution in [0.4, 0.5) is 0 Å². The highest BCUT2D eigenvalue weighted by Gasteiger charge is 2.21. The van der Waals surface area contributed by atoms with E-state index in [1.807, 2.05) is 0 Å². The van der Waals surface area contributed by atoms with Gasteiger partial charge in [0.2, 0.25) is 0 Å². The molecule has 2 atom stereocenters. The van der Waals surface area contributed by atoms with Crippen LogP contribution >= 0.6 is 11.6 Å². The van der Waals surface area contributed by atoms with E-state index in [2.05, 4.69) is 0 Å². The number of ketones is 1. The molecule has 0 aromatic heterocycles. The van der Waals surface area contributed by atoms with Gasteiger partial charge in [-0.2, -0.15) is 5.26 Å². The van der Waals surface area contributed by atoms with Crippen molar-refractivity contribution in [2.45, 2.75) is 18.4 Å². The lowest BCUT2D eigenvalue weighted by molar-refractivity contribution is -0.146. The first kappa shape index (κ1) is 14.2. The van der Waals surface area contributed by atoms with Crippen molar-refractivity contribution in [3.8, 4) is 6.07 Å². The second kappa shape index (κ2) is 5.63. The zero-order valence-electron chi connectivity index (χ0n) is 9.42. The summed E-state index contributed by atoms with van der Waals surface area (Å²) in [6.07, 6.45) is -1.73. The van der Waals surface area contributed by atoms with Crippen molar-refractivity contribution in [2.24, 2.45) is 0 Å². The van der Waals surface area contributed by atoms with Crippen LogP contribution in [0.15, 0.2) is 18.2 Å². The number of nitriles is 1. The molecule has 6 heteroatoms. The summed E-state index contributed by atoms with van der Waals surface area (Å²) in [5.41, 5.74) is 0.143. The molecule has 94 valence electrons. The lowest BCUT2D eigenvalue weighted by Gasteiger charge is -2.09. The SMILES string of the molecule is CC(Cl)C(=O)c1ccc(C(O)C(=O)O)cc1C#N. The molecule has 5 nitrogen and oxygen atoms in total. The minimum atomic E-state index is -1.73. The van der Waals surface area contributed by atoms with Gasteiger partial charge in [-0.15, -0.1) is 11.6 Å².